The van der Waals surface area contributed by atoms with Crippen LogP contribution in [0.5, 0.6) is 0 Å². The van der Waals surface area contributed by atoms with Crippen LogP contribution in [0.2, 0.25) is 0 Å². The first kappa shape index (κ1) is 15.5. The molecule has 0 fully saturated rings. The third-order valence-electron chi connectivity index (χ3n) is 4.27. The van der Waals surface area contributed by atoms with E-state index in [9.17, 15) is 0 Å². The lowest BCUT2D eigenvalue weighted by Gasteiger charge is -2.36. The summed E-state index contributed by atoms with van der Waals surface area (Å²) in [4.78, 5) is 2.58. The number of fused-ring (bicyclic) bond motifs is 1. The summed E-state index contributed by atoms with van der Waals surface area (Å²) in [5, 5.41) is 3.68. The van der Waals surface area contributed by atoms with Crippen molar-refractivity contribution in [3.8, 4) is 0 Å². The molecular formula is C17H28N2O. The number of likely N-dealkylation sites (N-methyl/N-ethyl adjacent to an activating group) is 1. The molecule has 1 aliphatic carbocycles. The maximum atomic E-state index is 5.29. The number of benzene rings is 1. The van der Waals surface area contributed by atoms with Gasteiger partial charge in [-0.3, -0.25) is 4.90 Å². The molecule has 3 heteroatoms. The van der Waals surface area contributed by atoms with Crippen molar-refractivity contribution >= 4 is 0 Å². The highest BCUT2D eigenvalue weighted by molar-refractivity contribution is 5.37. The highest BCUT2D eigenvalue weighted by atomic mass is 16.5. The van der Waals surface area contributed by atoms with Gasteiger partial charge in [-0.25, -0.2) is 0 Å². The highest BCUT2D eigenvalue weighted by Crippen LogP contribution is 2.35. The molecular weight excluding hydrogens is 248 g/mol. The van der Waals surface area contributed by atoms with Gasteiger partial charge in [0.2, 0.25) is 0 Å². The minimum Gasteiger partial charge on any atom is -0.383 e. The van der Waals surface area contributed by atoms with E-state index >= 15 is 0 Å². The lowest BCUT2D eigenvalue weighted by atomic mass is 10.0. The normalized spacial score (nSPS) is 21.7. The fraction of sp³-hybridized carbons (Fsp3) is 0.647. The first-order chi connectivity index (χ1) is 9.69. The van der Waals surface area contributed by atoms with Gasteiger partial charge < -0.3 is 10.1 Å². The number of nitrogens with one attached hydrogen (secondary N) is 1. The molecule has 0 radical (unpaired) electrons. The van der Waals surface area contributed by atoms with Gasteiger partial charge in [-0.1, -0.05) is 31.2 Å². The number of nitrogens with zero attached hydrogens (tertiary/aromatic N) is 1. The Morgan fingerprint density at radius 2 is 2.10 bits per heavy atom. The van der Waals surface area contributed by atoms with Gasteiger partial charge in [0, 0.05) is 31.8 Å². The van der Waals surface area contributed by atoms with E-state index in [0.717, 1.165) is 26.1 Å². The molecule has 2 rings (SSSR count). The third-order valence-corrected chi connectivity index (χ3v) is 4.27. The van der Waals surface area contributed by atoms with Gasteiger partial charge in [-0.05, 0) is 37.9 Å². The fourth-order valence-corrected chi connectivity index (χ4v) is 3.35. The minimum atomic E-state index is 0.440. The van der Waals surface area contributed by atoms with E-state index in [1.807, 2.05) is 0 Å². The topological polar surface area (TPSA) is 24.5 Å². The van der Waals surface area contributed by atoms with Crippen molar-refractivity contribution in [1.82, 2.24) is 10.2 Å². The van der Waals surface area contributed by atoms with E-state index < -0.39 is 0 Å². The highest BCUT2D eigenvalue weighted by Gasteiger charge is 2.36. The predicted octanol–water partition coefficient (Wildman–Crippen LogP) is 2.62. The van der Waals surface area contributed by atoms with Gasteiger partial charge in [0.15, 0.2) is 0 Å². The molecule has 0 aliphatic heterocycles. The molecule has 1 aromatic carbocycles. The first-order valence-electron chi connectivity index (χ1n) is 7.74. The van der Waals surface area contributed by atoms with E-state index in [1.54, 1.807) is 7.11 Å². The number of hydrogen-bond donors (Lipinski definition) is 1. The van der Waals surface area contributed by atoms with Crippen molar-refractivity contribution in [3.05, 3.63) is 35.4 Å². The van der Waals surface area contributed by atoms with Crippen LogP contribution in [0.4, 0.5) is 0 Å². The number of methoxy groups -OCH3 is 1. The molecule has 2 atom stereocenters. The number of hydrogen-bond acceptors (Lipinski definition) is 3. The smallest absolute Gasteiger partial charge is 0.0589 e. The molecule has 0 amide bonds. The summed E-state index contributed by atoms with van der Waals surface area (Å²) in [5.74, 6) is 0. The molecule has 20 heavy (non-hydrogen) atoms. The Labute approximate surface area is 123 Å². The summed E-state index contributed by atoms with van der Waals surface area (Å²) in [5.41, 5.74) is 2.97. The van der Waals surface area contributed by atoms with Crippen LogP contribution >= 0.6 is 0 Å². The number of ether oxygens (including phenoxy) is 1. The maximum absolute atomic E-state index is 5.29. The molecule has 1 aliphatic rings. The van der Waals surface area contributed by atoms with Crippen LogP contribution < -0.4 is 5.32 Å². The maximum Gasteiger partial charge on any atom is 0.0589 e. The zero-order valence-corrected chi connectivity index (χ0v) is 13.2. The molecule has 3 nitrogen and oxygen atoms in total. The zero-order chi connectivity index (χ0) is 14.5. The standard InChI is InChI=1S/C17H28N2O/c1-5-18-17-15-9-7-6-8-14(15)12-16(17)19(13(2)3)10-11-20-4/h6-9,13,16-18H,5,10-12H2,1-4H3. The summed E-state index contributed by atoms with van der Waals surface area (Å²) < 4.78 is 5.29. The van der Waals surface area contributed by atoms with Crippen molar-refractivity contribution in [1.29, 1.82) is 0 Å². The van der Waals surface area contributed by atoms with Crippen LogP contribution in [0.25, 0.3) is 0 Å². The average Bonchev–Trinajstić information content (AvgIpc) is 2.78. The molecule has 0 heterocycles. The Morgan fingerprint density at radius 3 is 2.75 bits per heavy atom. The molecule has 0 spiro atoms. The lowest BCUT2D eigenvalue weighted by Crippen LogP contribution is -2.47. The fourth-order valence-electron chi connectivity index (χ4n) is 3.35. The Morgan fingerprint density at radius 1 is 1.35 bits per heavy atom. The molecule has 0 saturated heterocycles. The predicted molar refractivity (Wildman–Crippen MR) is 84.1 cm³/mol. The van der Waals surface area contributed by atoms with E-state index in [4.69, 9.17) is 4.74 Å². The average molecular weight is 276 g/mol. The summed E-state index contributed by atoms with van der Waals surface area (Å²) >= 11 is 0. The van der Waals surface area contributed by atoms with Gasteiger partial charge in [-0.15, -0.1) is 0 Å². The largest absolute Gasteiger partial charge is 0.383 e. The Balaban J connectivity index is 2.21. The zero-order valence-electron chi connectivity index (χ0n) is 13.2. The number of rotatable bonds is 7. The van der Waals surface area contributed by atoms with E-state index in [1.165, 1.54) is 11.1 Å². The van der Waals surface area contributed by atoms with Crippen molar-refractivity contribution in [2.45, 2.75) is 45.3 Å². The molecule has 1 aromatic rings. The molecule has 1 N–H and O–H groups in total. The molecule has 112 valence electrons. The SMILES string of the molecule is CCNC1c2ccccc2CC1N(CCOC)C(C)C. The van der Waals surface area contributed by atoms with Crippen LogP contribution in [-0.4, -0.2) is 43.8 Å². The second kappa shape index (κ2) is 7.21. The summed E-state index contributed by atoms with van der Waals surface area (Å²) in [6.07, 6.45) is 1.13. The minimum absolute atomic E-state index is 0.440. The molecule has 0 bridgehead atoms. The monoisotopic (exact) mass is 276 g/mol. The van der Waals surface area contributed by atoms with Gasteiger partial charge in [-0.2, -0.15) is 0 Å². The van der Waals surface area contributed by atoms with Crippen LogP contribution in [0.15, 0.2) is 24.3 Å². The van der Waals surface area contributed by atoms with Crippen LogP contribution in [0.3, 0.4) is 0 Å². The summed E-state index contributed by atoms with van der Waals surface area (Å²) in [6, 6.07) is 10.4. The van der Waals surface area contributed by atoms with Gasteiger partial charge >= 0.3 is 0 Å². The molecule has 0 aromatic heterocycles. The van der Waals surface area contributed by atoms with Crippen molar-refractivity contribution in [3.63, 3.8) is 0 Å². The summed E-state index contributed by atoms with van der Waals surface area (Å²) in [7, 11) is 1.78. The van der Waals surface area contributed by atoms with Gasteiger partial charge in [0.05, 0.1) is 6.61 Å². The Bertz CT molecular complexity index is 419. The van der Waals surface area contributed by atoms with Gasteiger partial charge in [0.25, 0.3) is 0 Å². The van der Waals surface area contributed by atoms with Crippen LogP contribution in [0.1, 0.15) is 37.9 Å². The third kappa shape index (κ3) is 3.22. The van der Waals surface area contributed by atoms with Crippen LogP contribution in [-0.2, 0) is 11.2 Å². The quantitative estimate of drug-likeness (QED) is 0.828. The molecule has 2 unspecified atom stereocenters. The first-order valence-corrected chi connectivity index (χ1v) is 7.74. The molecule has 0 saturated carbocycles. The Kier molecular flexibility index (Phi) is 5.58. The summed E-state index contributed by atoms with van der Waals surface area (Å²) in [6.45, 7) is 9.54. The van der Waals surface area contributed by atoms with E-state index in [0.29, 0.717) is 18.1 Å². The lowest BCUT2D eigenvalue weighted by molar-refractivity contribution is 0.0833. The van der Waals surface area contributed by atoms with Gasteiger partial charge in [0.1, 0.15) is 0 Å². The second-order valence-electron chi connectivity index (χ2n) is 5.83. The Hall–Kier alpha value is -0.900. The van der Waals surface area contributed by atoms with Crippen molar-refractivity contribution in [2.24, 2.45) is 0 Å². The van der Waals surface area contributed by atoms with E-state index in [2.05, 4.69) is 55.3 Å². The second-order valence-corrected chi connectivity index (χ2v) is 5.83. The van der Waals surface area contributed by atoms with Crippen molar-refractivity contribution in [2.75, 3.05) is 26.8 Å². The van der Waals surface area contributed by atoms with Crippen LogP contribution in [0, 0.1) is 0 Å². The van der Waals surface area contributed by atoms with Crippen molar-refractivity contribution < 1.29 is 4.74 Å². The van der Waals surface area contributed by atoms with E-state index in [-0.39, 0.29) is 0 Å².